The lowest BCUT2D eigenvalue weighted by Gasteiger charge is -2.48. The van der Waals surface area contributed by atoms with Crippen LogP contribution in [-0.4, -0.2) is 53.5 Å². The van der Waals surface area contributed by atoms with E-state index in [1.54, 1.807) is 0 Å². The van der Waals surface area contributed by atoms with Gasteiger partial charge in [-0.15, -0.1) is 0 Å². The monoisotopic (exact) mass is 456 g/mol. The molecule has 0 aromatic heterocycles. The molecule has 3 aliphatic rings. The van der Waals surface area contributed by atoms with Gasteiger partial charge in [-0.05, 0) is 48.8 Å². The van der Waals surface area contributed by atoms with Gasteiger partial charge in [-0.1, -0.05) is 25.7 Å². The summed E-state index contributed by atoms with van der Waals surface area (Å²) < 4.78 is 25.2. The van der Waals surface area contributed by atoms with Crippen molar-refractivity contribution in [3.63, 3.8) is 0 Å². The first kappa shape index (κ1) is 23.4. The van der Waals surface area contributed by atoms with Crippen LogP contribution >= 0.6 is 27.4 Å². The van der Waals surface area contributed by atoms with E-state index in [4.69, 9.17) is 9.05 Å². The molecule has 3 aliphatic carbocycles. The Morgan fingerprint density at radius 2 is 2.14 bits per heavy atom. The molecular formula is C21H33NO4P3+. The first-order valence-electron chi connectivity index (χ1n) is 10.1. The molecule has 1 fully saturated rings. The zero-order valence-corrected chi connectivity index (χ0v) is 20.7. The molecule has 160 valence electrons. The smallest absolute Gasteiger partial charge is 0.172 e. The summed E-state index contributed by atoms with van der Waals surface area (Å²) in [7, 11) is 8.51. The molecule has 0 radical (unpaired) electrons. The molecule has 0 amide bonds. The topological polar surface area (TPSA) is 58.8 Å². The van der Waals surface area contributed by atoms with E-state index in [0.717, 1.165) is 36.0 Å². The maximum atomic E-state index is 11.9. The fraction of sp³-hybridized carbons (Fsp3) is 0.667. The molecule has 0 aliphatic heterocycles. The minimum atomic E-state index is -0.906. The fourth-order valence-corrected chi connectivity index (χ4v) is 7.09. The van der Waals surface area contributed by atoms with E-state index in [1.807, 2.05) is 31.0 Å². The summed E-state index contributed by atoms with van der Waals surface area (Å²) in [5, 5.41) is 11.9. The molecule has 0 spiro atoms. The Balaban J connectivity index is 2.04. The molecule has 0 saturated heterocycles. The highest BCUT2D eigenvalue weighted by molar-refractivity contribution is 7.26. The van der Waals surface area contributed by atoms with Crippen LogP contribution in [-0.2, 0) is 13.6 Å². The van der Waals surface area contributed by atoms with Gasteiger partial charge in [-0.2, -0.15) is 0 Å². The maximum Gasteiger partial charge on any atom is 0.172 e. The van der Waals surface area contributed by atoms with Crippen molar-refractivity contribution in [3.8, 4) is 0 Å². The highest BCUT2D eigenvalue weighted by atomic mass is 31.1. The standard InChI is InChI=1S/C21H33NO4P3/c1-13-7-10-21(23)14(8-9-20(2)17(21)5-6-18(20)25-27)11-15(13)19(26-28)16(29-24)12-22(3)4/h8,11-12,16-19,23H,1,5-7,9-10,27-28H2,2-4H3/q+1/t16-,17-,18+,19-,20+,21-/m1/s1. The number of fused-ring (bicyclic) bond motifs is 3. The Labute approximate surface area is 180 Å². The highest BCUT2D eigenvalue weighted by Crippen LogP contribution is 2.59. The van der Waals surface area contributed by atoms with Crippen LogP contribution in [0.3, 0.4) is 0 Å². The largest absolute Gasteiger partial charge is 0.385 e. The predicted molar refractivity (Wildman–Crippen MR) is 124 cm³/mol. The minimum Gasteiger partial charge on any atom is -0.385 e. The molecule has 8 heteroatoms. The molecule has 0 heterocycles. The Hall–Kier alpha value is -0.270. The first-order valence-corrected chi connectivity index (χ1v) is 11.9. The highest BCUT2D eigenvalue weighted by Gasteiger charge is 2.58. The summed E-state index contributed by atoms with van der Waals surface area (Å²) >= 11 is 0. The van der Waals surface area contributed by atoms with E-state index in [-0.39, 0.29) is 31.6 Å². The van der Waals surface area contributed by atoms with Gasteiger partial charge in [0.1, 0.15) is 25.9 Å². The minimum absolute atomic E-state index is 0.0153. The van der Waals surface area contributed by atoms with E-state index < -0.39 is 11.7 Å². The van der Waals surface area contributed by atoms with Crippen molar-refractivity contribution in [2.24, 2.45) is 11.3 Å². The van der Waals surface area contributed by atoms with Crippen molar-refractivity contribution in [3.05, 3.63) is 35.5 Å². The Kier molecular flexibility index (Phi) is 7.32. The lowest BCUT2D eigenvalue weighted by Crippen LogP contribution is -2.50. The number of rotatable bonds is 6. The van der Waals surface area contributed by atoms with E-state index in [1.165, 1.54) is 0 Å². The average Bonchev–Trinajstić information content (AvgIpc) is 2.97. The second-order valence-corrected chi connectivity index (χ2v) is 10.4. The lowest BCUT2D eigenvalue weighted by molar-refractivity contribution is -0.460. The van der Waals surface area contributed by atoms with Crippen molar-refractivity contribution < 1.29 is 23.3 Å². The van der Waals surface area contributed by atoms with Gasteiger partial charge in [-0.25, -0.2) is 4.58 Å². The van der Waals surface area contributed by atoms with Gasteiger partial charge < -0.3 is 14.2 Å². The van der Waals surface area contributed by atoms with Gasteiger partial charge in [0.25, 0.3) is 0 Å². The number of nitrogens with zero attached hydrogens (tertiary/aromatic N) is 1. The van der Waals surface area contributed by atoms with E-state index in [2.05, 4.69) is 38.5 Å². The number of aliphatic hydroxyl groups is 1. The molecule has 5 nitrogen and oxygen atoms in total. The van der Waals surface area contributed by atoms with Crippen molar-refractivity contribution >= 4 is 33.6 Å². The van der Waals surface area contributed by atoms with Crippen LogP contribution < -0.4 is 0 Å². The molecule has 29 heavy (non-hydrogen) atoms. The van der Waals surface area contributed by atoms with E-state index in [9.17, 15) is 9.67 Å². The van der Waals surface area contributed by atoms with Crippen LogP contribution in [0.4, 0.5) is 0 Å². The molecule has 8 atom stereocenters. The van der Waals surface area contributed by atoms with Crippen molar-refractivity contribution in [1.29, 1.82) is 0 Å². The predicted octanol–water partition coefficient (Wildman–Crippen LogP) is 4.09. The zero-order chi connectivity index (χ0) is 21.4. The molecule has 3 rings (SSSR count). The molecular weight excluding hydrogens is 423 g/mol. The molecule has 0 aromatic rings. The van der Waals surface area contributed by atoms with Crippen LogP contribution in [0.2, 0.25) is 0 Å². The maximum absolute atomic E-state index is 11.9. The first-order chi connectivity index (χ1) is 13.7. The Morgan fingerprint density at radius 1 is 1.41 bits per heavy atom. The third kappa shape index (κ3) is 4.12. The van der Waals surface area contributed by atoms with Gasteiger partial charge in [0.15, 0.2) is 14.7 Å². The third-order valence-electron chi connectivity index (χ3n) is 7.11. The average molecular weight is 456 g/mol. The van der Waals surface area contributed by atoms with Crippen molar-refractivity contribution in [2.45, 2.75) is 62.5 Å². The van der Waals surface area contributed by atoms with Gasteiger partial charge in [0.2, 0.25) is 0 Å². The van der Waals surface area contributed by atoms with Gasteiger partial charge in [0.05, 0.1) is 11.7 Å². The number of allylic oxidation sites excluding steroid dienone is 1. The van der Waals surface area contributed by atoms with Crippen molar-refractivity contribution in [2.75, 3.05) is 14.1 Å². The van der Waals surface area contributed by atoms with Gasteiger partial charge in [0, 0.05) is 30.3 Å². The fourth-order valence-electron chi connectivity index (χ4n) is 5.54. The Bertz CT molecular complexity index is 776. The Morgan fingerprint density at radius 3 is 2.72 bits per heavy atom. The van der Waals surface area contributed by atoms with Crippen LogP contribution in [0.5, 0.6) is 0 Å². The van der Waals surface area contributed by atoms with Gasteiger partial charge in [-0.3, -0.25) is 4.57 Å². The summed E-state index contributed by atoms with van der Waals surface area (Å²) in [5.74, 6) is 0.140. The third-order valence-corrected chi connectivity index (χ3v) is 8.38. The van der Waals surface area contributed by atoms with Crippen LogP contribution in [0.15, 0.2) is 35.5 Å². The molecule has 2 unspecified atom stereocenters. The number of hydrogen-bond donors (Lipinski definition) is 1. The molecule has 1 saturated carbocycles. The zero-order valence-electron chi connectivity index (χ0n) is 17.5. The second-order valence-electron chi connectivity index (χ2n) is 9.02. The number of hydrogen-bond acceptors (Lipinski definition) is 4. The summed E-state index contributed by atoms with van der Waals surface area (Å²) in [4.78, 5) is 0. The molecule has 0 bridgehead atoms. The quantitative estimate of drug-likeness (QED) is 0.372. The van der Waals surface area contributed by atoms with E-state index in [0.29, 0.717) is 12.8 Å². The second kappa shape index (κ2) is 9.07. The summed E-state index contributed by atoms with van der Waals surface area (Å²) in [6, 6.07) is 0. The van der Waals surface area contributed by atoms with E-state index >= 15 is 0 Å². The SMILES string of the molecule is C=C1CC[C@@]2(O)C(=CC[C@]3(C)[C@@H](OP)CC[C@H]32)C=C1[C@@H](OP)[C@@H](C=[N+](C)C)P=O. The summed E-state index contributed by atoms with van der Waals surface area (Å²) in [5.41, 5.74) is 1.46. The van der Waals surface area contributed by atoms with Gasteiger partial charge >= 0.3 is 0 Å². The normalized spacial score (nSPS) is 36.4. The van der Waals surface area contributed by atoms with Crippen molar-refractivity contribution in [1.82, 2.24) is 0 Å². The van der Waals surface area contributed by atoms with Crippen LogP contribution in [0.25, 0.3) is 0 Å². The molecule has 1 N–H and O–H groups in total. The molecule has 0 aromatic carbocycles. The van der Waals surface area contributed by atoms with Crippen LogP contribution in [0, 0.1) is 11.3 Å². The summed E-state index contributed by atoms with van der Waals surface area (Å²) in [6.07, 6.45) is 9.87. The lowest BCUT2D eigenvalue weighted by atomic mass is 9.60. The van der Waals surface area contributed by atoms with Crippen LogP contribution in [0.1, 0.15) is 39.0 Å². The summed E-state index contributed by atoms with van der Waals surface area (Å²) in [6.45, 7) is 6.52.